The van der Waals surface area contributed by atoms with Crippen LogP contribution in [0.2, 0.25) is 0 Å². The molecule has 3 nitrogen and oxygen atoms in total. The van der Waals surface area contributed by atoms with E-state index in [9.17, 15) is 0 Å². The van der Waals surface area contributed by atoms with E-state index in [2.05, 4.69) is 30.9 Å². The minimum absolute atomic E-state index is 0.777. The fourth-order valence-corrected chi connectivity index (χ4v) is 2.29. The van der Waals surface area contributed by atoms with Crippen LogP contribution in [0.3, 0.4) is 0 Å². The summed E-state index contributed by atoms with van der Waals surface area (Å²) in [5.74, 6) is 0.953. The third kappa shape index (κ3) is 2.65. The van der Waals surface area contributed by atoms with Crippen molar-refractivity contribution in [3.63, 3.8) is 0 Å². The molecule has 0 heterocycles. The average Bonchev–Trinajstić information content (AvgIpc) is 2.38. The minimum atomic E-state index is 0.777. The quantitative estimate of drug-likeness (QED) is 0.852. The first-order valence-electron chi connectivity index (χ1n) is 6.27. The number of nitrogen functional groups attached to an aromatic ring is 1. The molecule has 0 aliphatic heterocycles. The van der Waals surface area contributed by atoms with Crippen molar-refractivity contribution in [3.8, 4) is 5.75 Å². The van der Waals surface area contributed by atoms with Crippen molar-refractivity contribution in [2.24, 2.45) is 0 Å². The highest BCUT2D eigenvalue weighted by Crippen LogP contribution is 2.31. The molecule has 2 aromatic rings. The number of benzene rings is 2. The molecule has 0 aliphatic carbocycles. The number of ether oxygens (including phenoxy) is 1. The number of methoxy groups -OCH3 is 1. The molecule has 0 atom stereocenters. The first-order valence-corrected chi connectivity index (χ1v) is 6.27. The number of hydrogen-bond acceptors (Lipinski definition) is 3. The summed E-state index contributed by atoms with van der Waals surface area (Å²) >= 11 is 0. The molecular formula is C16H20N2O. The molecule has 2 rings (SSSR count). The third-order valence-electron chi connectivity index (χ3n) is 3.32. The number of aryl methyl sites for hydroxylation is 2. The van der Waals surface area contributed by atoms with Crippen molar-refractivity contribution in [1.29, 1.82) is 0 Å². The van der Waals surface area contributed by atoms with Gasteiger partial charge in [-0.2, -0.15) is 0 Å². The zero-order valence-electron chi connectivity index (χ0n) is 11.9. The average molecular weight is 256 g/mol. The van der Waals surface area contributed by atoms with Crippen LogP contribution in [0.25, 0.3) is 0 Å². The molecular weight excluding hydrogens is 236 g/mol. The van der Waals surface area contributed by atoms with Gasteiger partial charge in [-0.3, -0.25) is 0 Å². The second kappa shape index (κ2) is 5.22. The summed E-state index contributed by atoms with van der Waals surface area (Å²) in [6.07, 6.45) is 0. The lowest BCUT2D eigenvalue weighted by molar-refractivity contribution is 0.408. The molecule has 0 spiro atoms. The van der Waals surface area contributed by atoms with Gasteiger partial charge in [0.2, 0.25) is 0 Å². The number of hydrogen-bond donors (Lipinski definition) is 1. The van der Waals surface area contributed by atoms with Crippen LogP contribution in [-0.2, 0) is 0 Å². The highest BCUT2D eigenvalue weighted by Gasteiger charge is 2.09. The van der Waals surface area contributed by atoms with Gasteiger partial charge < -0.3 is 15.4 Å². The molecule has 0 amide bonds. The molecule has 0 aromatic heterocycles. The molecule has 0 bridgehead atoms. The van der Waals surface area contributed by atoms with E-state index >= 15 is 0 Å². The van der Waals surface area contributed by atoms with Crippen LogP contribution in [0.4, 0.5) is 17.1 Å². The van der Waals surface area contributed by atoms with Crippen LogP contribution < -0.4 is 15.4 Å². The van der Waals surface area contributed by atoms with Crippen molar-refractivity contribution >= 4 is 17.1 Å². The Morgan fingerprint density at radius 1 is 0.947 bits per heavy atom. The number of nitrogens with zero attached hydrogens (tertiary/aromatic N) is 1. The normalized spacial score (nSPS) is 10.3. The Kier molecular flexibility index (Phi) is 3.65. The van der Waals surface area contributed by atoms with E-state index in [0.29, 0.717) is 0 Å². The van der Waals surface area contributed by atoms with E-state index < -0.39 is 0 Å². The third-order valence-corrected chi connectivity index (χ3v) is 3.32. The Morgan fingerprint density at radius 2 is 1.47 bits per heavy atom. The summed E-state index contributed by atoms with van der Waals surface area (Å²) in [5.41, 5.74) is 11.0. The van der Waals surface area contributed by atoms with Gasteiger partial charge in [0.15, 0.2) is 0 Å². The SMILES string of the molecule is COc1c(C)cc(N(C)c2ccc(N)cc2)cc1C. The molecule has 0 aliphatic rings. The first-order chi connectivity index (χ1) is 9.02. The first kappa shape index (κ1) is 13.3. The van der Waals surface area contributed by atoms with Gasteiger partial charge in [0.25, 0.3) is 0 Å². The molecule has 0 saturated carbocycles. The standard InChI is InChI=1S/C16H20N2O/c1-11-9-15(10-12(2)16(11)19-4)18(3)14-7-5-13(17)6-8-14/h5-10H,17H2,1-4H3. The van der Waals surface area contributed by atoms with Gasteiger partial charge in [-0.25, -0.2) is 0 Å². The smallest absolute Gasteiger partial charge is 0.124 e. The van der Waals surface area contributed by atoms with Gasteiger partial charge in [-0.05, 0) is 61.4 Å². The zero-order valence-corrected chi connectivity index (χ0v) is 11.9. The van der Waals surface area contributed by atoms with Gasteiger partial charge in [0.05, 0.1) is 7.11 Å². The second-order valence-electron chi connectivity index (χ2n) is 4.76. The molecule has 100 valence electrons. The summed E-state index contributed by atoms with van der Waals surface area (Å²) in [4.78, 5) is 2.14. The van der Waals surface area contributed by atoms with Crippen molar-refractivity contribution in [2.45, 2.75) is 13.8 Å². The molecule has 0 saturated heterocycles. The van der Waals surface area contributed by atoms with E-state index in [1.807, 2.05) is 31.3 Å². The van der Waals surface area contributed by atoms with Crippen LogP contribution in [0, 0.1) is 13.8 Å². The van der Waals surface area contributed by atoms with Crippen LogP contribution in [0.1, 0.15) is 11.1 Å². The molecule has 0 radical (unpaired) electrons. The Hall–Kier alpha value is -2.16. The lowest BCUT2D eigenvalue weighted by atomic mass is 10.1. The fraction of sp³-hybridized carbons (Fsp3) is 0.250. The van der Waals surface area contributed by atoms with E-state index in [-0.39, 0.29) is 0 Å². The molecule has 2 aromatic carbocycles. The van der Waals surface area contributed by atoms with Gasteiger partial charge in [0.1, 0.15) is 5.75 Å². The van der Waals surface area contributed by atoms with Crippen molar-refractivity contribution in [2.75, 3.05) is 24.8 Å². The highest BCUT2D eigenvalue weighted by molar-refractivity contribution is 5.67. The van der Waals surface area contributed by atoms with Crippen molar-refractivity contribution < 1.29 is 4.74 Å². The van der Waals surface area contributed by atoms with E-state index in [1.54, 1.807) is 7.11 Å². The van der Waals surface area contributed by atoms with Gasteiger partial charge in [-0.15, -0.1) is 0 Å². The van der Waals surface area contributed by atoms with E-state index in [0.717, 1.165) is 33.9 Å². The molecule has 3 heteroatoms. The Labute approximate surface area is 114 Å². The predicted molar refractivity (Wildman–Crippen MR) is 81.4 cm³/mol. The van der Waals surface area contributed by atoms with Gasteiger partial charge in [0, 0.05) is 24.1 Å². The summed E-state index contributed by atoms with van der Waals surface area (Å²) < 4.78 is 5.40. The molecule has 2 N–H and O–H groups in total. The zero-order chi connectivity index (χ0) is 14.0. The van der Waals surface area contributed by atoms with Crippen LogP contribution in [0.5, 0.6) is 5.75 Å². The fourth-order valence-electron chi connectivity index (χ4n) is 2.29. The highest BCUT2D eigenvalue weighted by atomic mass is 16.5. The largest absolute Gasteiger partial charge is 0.496 e. The van der Waals surface area contributed by atoms with Gasteiger partial charge in [-0.1, -0.05) is 0 Å². The molecule has 0 unspecified atom stereocenters. The lowest BCUT2D eigenvalue weighted by Crippen LogP contribution is -2.10. The summed E-state index contributed by atoms with van der Waals surface area (Å²) in [7, 11) is 3.75. The van der Waals surface area contributed by atoms with Crippen LogP contribution in [-0.4, -0.2) is 14.2 Å². The van der Waals surface area contributed by atoms with Crippen molar-refractivity contribution in [3.05, 3.63) is 47.5 Å². The summed E-state index contributed by atoms with van der Waals surface area (Å²) in [5, 5.41) is 0. The Morgan fingerprint density at radius 3 is 1.95 bits per heavy atom. The minimum Gasteiger partial charge on any atom is -0.496 e. The lowest BCUT2D eigenvalue weighted by Gasteiger charge is -2.22. The summed E-state index contributed by atoms with van der Waals surface area (Å²) in [6, 6.07) is 12.1. The molecule has 19 heavy (non-hydrogen) atoms. The number of rotatable bonds is 3. The Balaban J connectivity index is 2.39. The summed E-state index contributed by atoms with van der Waals surface area (Å²) in [6.45, 7) is 4.12. The molecule has 0 fully saturated rings. The van der Waals surface area contributed by atoms with Crippen molar-refractivity contribution in [1.82, 2.24) is 0 Å². The van der Waals surface area contributed by atoms with E-state index in [4.69, 9.17) is 10.5 Å². The Bertz CT molecular complexity index is 553. The van der Waals surface area contributed by atoms with E-state index in [1.165, 1.54) is 0 Å². The second-order valence-corrected chi connectivity index (χ2v) is 4.76. The maximum absolute atomic E-state index is 5.72. The van der Waals surface area contributed by atoms with Crippen LogP contribution >= 0.6 is 0 Å². The van der Waals surface area contributed by atoms with Gasteiger partial charge >= 0.3 is 0 Å². The monoisotopic (exact) mass is 256 g/mol. The maximum atomic E-state index is 5.72. The number of anilines is 3. The predicted octanol–water partition coefficient (Wildman–Crippen LogP) is 3.66. The number of nitrogens with two attached hydrogens (primary N) is 1. The topological polar surface area (TPSA) is 38.5 Å². The maximum Gasteiger partial charge on any atom is 0.124 e. The van der Waals surface area contributed by atoms with Crippen LogP contribution in [0.15, 0.2) is 36.4 Å².